The molecular formula is C22H21ClN2O. The molecule has 3 aromatic carbocycles. The Balaban J connectivity index is 1.67. The second-order valence-electron chi connectivity index (χ2n) is 6.15. The summed E-state index contributed by atoms with van der Waals surface area (Å²) in [5.74, 6) is -0.171. The van der Waals surface area contributed by atoms with Gasteiger partial charge in [-0.2, -0.15) is 0 Å². The molecule has 0 saturated carbocycles. The summed E-state index contributed by atoms with van der Waals surface area (Å²) in [4.78, 5) is 12.3. The van der Waals surface area contributed by atoms with Crippen LogP contribution in [-0.4, -0.2) is 5.91 Å². The number of carbonyl (C=O) groups is 1. The second kappa shape index (κ2) is 8.65. The van der Waals surface area contributed by atoms with Gasteiger partial charge in [-0.05, 0) is 42.3 Å². The average Bonchev–Trinajstić information content (AvgIpc) is 2.69. The van der Waals surface area contributed by atoms with Crippen molar-refractivity contribution in [1.82, 2.24) is 5.32 Å². The predicted octanol–water partition coefficient (Wildman–Crippen LogP) is 5.44. The summed E-state index contributed by atoms with van der Waals surface area (Å²) in [6.07, 6.45) is 0. The summed E-state index contributed by atoms with van der Waals surface area (Å²) in [5.41, 5.74) is 3.51. The van der Waals surface area contributed by atoms with Gasteiger partial charge in [0.15, 0.2) is 0 Å². The lowest BCUT2D eigenvalue weighted by Crippen LogP contribution is -2.18. The lowest BCUT2D eigenvalue weighted by atomic mass is 10.1. The van der Waals surface area contributed by atoms with E-state index in [0.717, 1.165) is 5.56 Å². The van der Waals surface area contributed by atoms with Crippen molar-refractivity contribution in [2.24, 2.45) is 0 Å². The van der Waals surface area contributed by atoms with Crippen molar-refractivity contribution in [2.45, 2.75) is 19.5 Å². The van der Waals surface area contributed by atoms with Crippen molar-refractivity contribution < 1.29 is 4.79 Å². The Morgan fingerprint density at radius 1 is 0.962 bits per heavy atom. The van der Waals surface area contributed by atoms with Crippen LogP contribution in [0.2, 0.25) is 5.02 Å². The highest BCUT2D eigenvalue weighted by Gasteiger charge is 2.10. The minimum atomic E-state index is -0.171. The fourth-order valence-corrected chi connectivity index (χ4v) is 2.86. The van der Waals surface area contributed by atoms with E-state index in [2.05, 4.69) is 29.7 Å². The van der Waals surface area contributed by atoms with Gasteiger partial charge in [0.05, 0.1) is 10.7 Å². The molecule has 26 heavy (non-hydrogen) atoms. The first-order valence-corrected chi connectivity index (χ1v) is 8.94. The van der Waals surface area contributed by atoms with Crippen LogP contribution in [0, 0.1) is 0 Å². The molecule has 132 valence electrons. The molecule has 0 aromatic heterocycles. The Hall–Kier alpha value is -2.62. The number of hydrogen-bond acceptors (Lipinski definition) is 2. The van der Waals surface area contributed by atoms with E-state index in [4.69, 9.17) is 11.6 Å². The molecule has 3 rings (SSSR count). The third-order valence-electron chi connectivity index (χ3n) is 4.23. The quantitative estimate of drug-likeness (QED) is 0.611. The maximum absolute atomic E-state index is 12.3. The minimum Gasteiger partial charge on any atom is -0.321 e. The normalized spacial score (nSPS) is 11.8. The average molecular weight is 365 g/mol. The van der Waals surface area contributed by atoms with Gasteiger partial charge in [0.2, 0.25) is 0 Å². The van der Waals surface area contributed by atoms with Crippen LogP contribution >= 0.6 is 11.6 Å². The fourth-order valence-electron chi connectivity index (χ4n) is 2.69. The Labute approximate surface area is 159 Å². The topological polar surface area (TPSA) is 41.1 Å². The zero-order chi connectivity index (χ0) is 18.4. The van der Waals surface area contributed by atoms with Gasteiger partial charge >= 0.3 is 0 Å². The van der Waals surface area contributed by atoms with Crippen LogP contribution in [0.1, 0.15) is 34.5 Å². The highest BCUT2D eigenvalue weighted by atomic mass is 35.5. The summed E-state index contributed by atoms with van der Waals surface area (Å²) in [5, 5.41) is 6.90. The number of nitrogens with one attached hydrogen (secondary N) is 2. The molecule has 0 aliphatic heterocycles. The molecule has 3 nitrogen and oxygen atoms in total. The van der Waals surface area contributed by atoms with Crippen LogP contribution in [0.3, 0.4) is 0 Å². The molecule has 4 heteroatoms. The Bertz CT molecular complexity index is 866. The van der Waals surface area contributed by atoms with Gasteiger partial charge < -0.3 is 10.6 Å². The maximum atomic E-state index is 12.3. The van der Waals surface area contributed by atoms with Gasteiger partial charge in [0.1, 0.15) is 0 Å². The number of hydrogen-bond donors (Lipinski definition) is 2. The molecule has 1 unspecified atom stereocenters. The first-order chi connectivity index (χ1) is 12.6. The number of anilines is 1. The van der Waals surface area contributed by atoms with Crippen molar-refractivity contribution in [3.8, 4) is 0 Å². The molecule has 0 spiro atoms. The predicted molar refractivity (Wildman–Crippen MR) is 108 cm³/mol. The summed E-state index contributed by atoms with van der Waals surface area (Å²) in [7, 11) is 0. The van der Waals surface area contributed by atoms with E-state index in [1.165, 1.54) is 5.56 Å². The highest BCUT2D eigenvalue weighted by Crippen LogP contribution is 2.24. The molecule has 0 heterocycles. The molecule has 1 amide bonds. The number of carbonyl (C=O) groups excluding carboxylic acids is 1. The molecule has 1 atom stereocenters. The third kappa shape index (κ3) is 4.72. The van der Waals surface area contributed by atoms with E-state index in [1.807, 2.05) is 54.6 Å². The summed E-state index contributed by atoms with van der Waals surface area (Å²) in [6, 6.07) is 25.3. The standard InChI is InChI=1S/C22H21ClN2O/c1-16(18-8-4-2-5-9-18)24-15-17-12-13-20(23)21(14-17)25-22(26)19-10-6-3-7-11-19/h2-14,16,24H,15H2,1H3,(H,25,26). The number of amides is 1. The van der Waals surface area contributed by atoms with Gasteiger partial charge in [-0.3, -0.25) is 4.79 Å². The van der Waals surface area contributed by atoms with Crippen molar-refractivity contribution in [3.63, 3.8) is 0 Å². The lowest BCUT2D eigenvalue weighted by Gasteiger charge is -2.15. The van der Waals surface area contributed by atoms with Crippen molar-refractivity contribution in [2.75, 3.05) is 5.32 Å². The maximum Gasteiger partial charge on any atom is 0.255 e. The highest BCUT2D eigenvalue weighted by molar-refractivity contribution is 6.34. The Kier molecular flexibility index (Phi) is 6.05. The van der Waals surface area contributed by atoms with Crippen LogP contribution in [0.25, 0.3) is 0 Å². The molecule has 0 fully saturated rings. The third-order valence-corrected chi connectivity index (χ3v) is 4.56. The molecule has 0 aliphatic rings. The molecule has 3 aromatic rings. The first-order valence-electron chi connectivity index (χ1n) is 8.56. The van der Waals surface area contributed by atoms with Gasteiger partial charge in [-0.15, -0.1) is 0 Å². The molecular weight excluding hydrogens is 344 g/mol. The molecule has 0 bridgehead atoms. The Morgan fingerprint density at radius 2 is 1.62 bits per heavy atom. The zero-order valence-corrected chi connectivity index (χ0v) is 15.3. The van der Waals surface area contributed by atoms with Gasteiger partial charge in [-0.25, -0.2) is 0 Å². The van der Waals surface area contributed by atoms with Crippen LogP contribution in [-0.2, 0) is 6.54 Å². The van der Waals surface area contributed by atoms with Crippen molar-refractivity contribution in [1.29, 1.82) is 0 Å². The molecule has 2 N–H and O–H groups in total. The molecule has 0 saturated heterocycles. The van der Waals surface area contributed by atoms with Crippen LogP contribution in [0.15, 0.2) is 78.9 Å². The Morgan fingerprint density at radius 3 is 2.31 bits per heavy atom. The van der Waals surface area contributed by atoms with E-state index >= 15 is 0 Å². The number of rotatable bonds is 6. The van der Waals surface area contributed by atoms with Crippen LogP contribution in [0.4, 0.5) is 5.69 Å². The minimum absolute atomic E-state index is 0.171. The van der Waals surface area contributed by atoms with Crippen LogP contribution in [0.5, 0.6) is 0 Å². The van der Waals surface area contributed by atoms with Gasteiger partial charge in [0, 0.05) is 18.2 Å². The monoisotopic (exact) mass is 364 g/mol. The SMILES string of the molecule is CC(NCc1ccc(Cl)c(NC(=O)c2ccccc2)c1)c1ccccc1. The van der Waals surface area contributed by atoms with Gasteiger partial charge in [0.25, 0.3) is 5.91 Å². The van der Waals surface area contributed by atoms with Crippen LogP contribution < -0.4 is 10.6 Å². The van der Waals surface area contributed by atoms with E-state index in [1.54, 1.807) is 12.1 Å². The van der Waals surface area contributed by atoms with E-state index in [0.29, 0.717) is 22.8 Å². The zero-order valence-electron chi connectivity index (χ0n) is 14.6. The van der Waals surface area contributed by atoms with E-state index in [9.17, 15) is 4.79 Å². The van der Waals surface area contributed by atoms with E-state index < -0.39 is 0 Å². The van der Waals surface area contributed by atoms with Crippen molar-refractivity contribution >= 4 is 23.2 Å². The van der Waals surface area contributed by atoms with Gasteiger partial charge in [-0.1, -0.05) is 66.2 Å². The summed E-state index contributed by atoms with van der Waals surface area (Å²) >= 11 is 6.25. The van der Waals surface area contributed by atoms with E-state index in [-0.39, 0.29) is 11.9 Å². The number of benzene rings is 3. The number of halogens is 1. The summed E-state index contributed by atoms with van der Waals surface area (Å²) in [6.45, 7) is 2.81. The summed E-state index contributed by atoms with van der Waals surface area (Å²) < 4.78 is 0. The smallest absolute Gasteiger partial charge is 0.255 e. The second-order valence-corrected chi connectivity index (χ2v) is 6.55. The van der Waals surface area contributed by atoms with Crippen molar-refractivity contribution in [3.05, 3.63) is 101 Å². The lowest BCUT2D eigenvalue weighted by molar-refractivity contribution is 0.102. The molecule has 0 aliphatic carbocycles. The fraction of sp³-hybridized carbons (Fsp3) is 0.136. The molecule has 0 radical (unpaired) electrons. The largest absolute Gasteiger partial charge is 0.321 e. The first kappa shape index (κ1) is 18.2.